The fourth-order valence-corrected chi connectivity index (χ4v) is 8.08. The van der Waals surface area contributed by atoms with Gasteiger partial charge >= 0.3 is 0 Å². The van der Waals surface area contributed by atoms with Crippen LogP contribution in [0, 0.1) is 0 Å². The van der Waals surface area contributed by atoms with Crippen molar-refractivity contribution in [3.05, 3.63) is 124 Å². The molecule has 0 N–H and O–H groups in total. The second kappa shape index (κ2) is 10.9. The molecule has 0 bridgehead atoms. The van der Waals surface area contributed by atoms with E-state index in [0.717, 1.165) is 0 Å². The summed E-state index contributed by atoms with van der Waals surface area (Å²) in [5, 5.41) is 3.33. The van der Waals surface area contributed by atoms with E-state index < -0.39 is 0 Å². The summed E-state index contributed by atoms with van der Waals surface area (Å²) in [6.07, 6.45) is 10.2. The van der Waals surface area contributed by atoms with Gasteiger partial charge in [-0.1, -0.05) is 136 Å². The van der Waals surface area contributed by atoms with Gasteiger partial charge in [-0.3, -0.25) is 0 Å². The largest absolute Gasteiger partial charge is 0.0671 e. The predicted molar refractivity (Wildman–Crippen MR) is 153 cm³/mol. The van der Waals surface area contributed by atoms with Gasteiger partial charge in [-0.25, -0.2) is 0 Å². The van der Waals surface area contributed by atoms with Crippen LogP contribution in [0.25, 0.3) is 11.1 Å². The first-order valence-electron chi connectivity index (χ1n) is 13.7. The molecule has 0 unspecified atom stereocenters. The van der Waals surface area contributed by atoms with Gasteiger partial charge in [0.2, 0.25) is 0 Å². The topological polar surface area (TPSA) is 0 Å². The van der Waals surface area contributed by atoms with Gasteiger partial charge in [0.25, 0.3) is 0 Å². The summed E-state index contributed by atoms with van der Waals surface area (Å²) >= 11 is 0. The molecule has 0 atom stereocenters. The predicted octanol–water partition coefficient (Wildman–Crippen LogP) is 8.59. The Balaban J connectivity index is 1.75. The standard InChI is InChI=1S/C34H38Si/c1-3-5-9-15-26-21-23-30-31-24-22-29(20-10-6-4-2)35-33(31)34(32(30)25-26,27-16-11-7-12-17-27)28-18-13-8-14-19-28/h7-8,11-14,16-19,21-25,35H,3-6,9-10,15,20H2,1-2H3. The summed E-state index contributed by atoms with van der Waals surface area (Å²) in [5.74, 6) is 0. The van der Waals surface area contributed by atoms with Gasteiger partial charge in [0.1, 0.15) is 0 Å². The Labute approximate surface area is 214 Å². The number of unbranched alkanes of at least 4 members (excludes halogenated alkanes) is 4. The van der Waals surface area contributed by atoms with Crippen LogP contribution in [0.3, 0.4) is 0 Å². The van der Waals surface area contributed by atoms with Crippen molar-refractivity contribution in [1.29, 1.82) is 0 Å². The molecule has 178 valence electrons. The van der Waals surface area contributed by atoms with E-state index in [-0.39, 0.29) is 14.5 Å². The van der Waals surface area contributed by atoms with Gasteiger partial charge in [0.15, 0.2) is 0 Å². The molecule has 0 amide bonds. The number of hydrogen-bond donors (Lipinski definition) is 0. The molecule has 1 heterocycles. The molecular formula is C34H38Si. The van der Waals surface area contributed by atoms with E-state index in [0.29, 0.717) is 0 Å². The van der Waals surface area contributed by atoms with Crippen molar-refractivity contribution in [3.63, 3.8) is 0 Å². The van der Waals surface area contributed by atoms with E-state index in [9.17, 15) is 0 Å². The first kappa shape index (κ1) is 23.9. The van der Waals surface area contributed by atoms with Crippen LogP contribution < -0.4 is 0 Å². The molecule has 0 spiro atoms. The van der Waals surface area contributed by atoms with Crippen molar-refractivity contribution in [2.24, 2.45) is 0 Å². The number of rotatable bonds is 10. The summed E-state index contributed by atoms with van der Waals surface area (Å²) in [7, 11) is 0.0947. The third-order valence-electron chi connectivity index (χ3n) is 7.82. The third-order valence-corrected chi connectivity index (χ3v) is 9.70. The summed E-state index contributed by atoms with van der Waals surface area (Å²) in [6, 6.07) is 35.0. The molecule has 1 heteroatoms. The first-order chi connectivity index (χ1) is 17.3. The van der Waals surface area contributed by atoms with Gasteiger partial charge in [0.05, 0.1) is 5.41 Å². The Kier molecular flexibility index (Phi) is 7.44. The van der Waals surface area contributed by atoms with Crippen LogP contribution in [-0.4, -0.2) is 9.12 Å². The molecule has 35 heavy (non-hydrogen) atoms. The van der Waals surface area contributed by atoms with Gasteiger partial charge in [-0.2, -0.15) is 0 Å². The highest BCUT2D eigenvalue weighted by Crippen LogP contribution is 2.55. The van der Waals surface area contributed by atoms with E-state index in [1.54, 1.807) is 10.3 Å². The maximum Gasteiger partial charge on any atom is 0.0671 e. The minimum Gasteiger partial charge on any atom is -0.0664 e. The molecule has 1 aliphatic carbocycles. The normalized spacial score (nSPS) is 13.4. The molecule has 1 aliphatic rings. The lowest BCUT2D eigenvalue weighted by Crippen LogP contribution is -2.30. The second-order valence-electron chi connectivity index (χ2n) is 10.2. The first-order valence-corrected chi connectivity index (χ1v) is 14.8. The van der Waals surface area contributed by atoms with Crippen molar-refractivity contribution < 1.29 is 0 Å². The molecule has 4 aromatic rings. The highest BCUT2D eigenvalue weighted by atomic mass is 28.2. The quantitative estimate of drug-likeness (QED) is 0.140. The summed E-state index contributed by atoms with van der Waals surface area (Å²) in [6.45, 7) is 4.59. The Hall–Kier alpha value is -2.77. The lowest BCUT2D eigenvalue weighted by atomic mass is 9.70. The zero-order valence-corrected chi connectivity index (χ0v) is 22.5. The summed E-state index contributed by atoms with van der Waals surface area (Å²) in [5.41, 5.74) is 8.56. The van der Waals surface area contributed by atoms with Crippen LogP contribution in [0.1, 0.15) is 85.0 Å². The van der Waals surface area contributed by atoms with Crippen molar-refractivity contribution in [1.82, 2.24) is 0 Å². The fourth-order valence-electron chi connectivity index (χ4n) is 6.05. The molecule has 0 nitrogen and oxygen atoms in total. The molecule has 0 radical (unpaired) electrons. The van der Waals surface area contributed by atoms with Crippen LogP contribution in [0.2, 0.25) is 0 Å². The minimum absolute atomic E-state index is 0.0947. The fraction of sp³-hybridized carbons (Fsp3) is 0.324. The maximum absolute atomic E-state index is 2.56. The molecular weight excluding hydrogens is 436 g/mol. The summed E-state index contributed by atoms with van der Waals surface area (Å²) < 4.78 is 0. The van der Waals surface area contributed by atoms with Crippen LogP contribution >= 0.6 is 0 Å². The highest BCUT2D eigenvalue weighted by Gasteiger charge is 2.45. The van der Waals surface area contributed by atoms with Crippen LogP contribution in [0.4, 0.5) is 0 Å². The molecule has 0 fully saturated rings. The number of benzene rings is 3. The highest BCUT2D eigenvalue weighted by molar-refractivity contribution is 6.38. The van der Waals surface area contributed by atoms with Crippen LogP contribution in [0.15, 0.2) is 91.0 Å². The van der Waals surface area contributed by atoms with E-state index in [1.807, 2.05) is 0 Å². The molecule has 5 rings (SSSR count). The van der Waals surface area contributed by atoms with Gasteiger partial charge < -0.3 is 0 Å². The Morgan fingerprint density at radius 1 is 0.600 bits per heavy atom. The zero-order valence-electron chi connectivity index (χ0n) is 21.4. The molecule has 3 aromatic carbocycles. The molecule has 0 saturated heterocycles. The third kappa shape index (κ3) is 4.47. The monoisotopic (exact) mass is 474 g/mol. The number of fused-ring (bicyclic) bond motifs is 3. The van der Waals surface area contributed by atoms with Crippen molar-refractivity contribution in [2.45, 2.75) is 70.6 Å². The van der Waals surface area contributed by atoms with Crippen LogP contribution in [-0.2, 0) is 18.3 Å². The van der Waals surface area contributed by atoms with E-state index in [4.69, 9.17) is 0 Å². The van der Waals surface area contributed by atoms with Gasteiger partial charge in [-0.15, -0.1) is 0 Å². The van der Waals surface area contributed by atoms with E-state index in [2.05, 4.69) is 105 Å². The average Bonchev–Trinajstić information content (AvgIpc) is 3.20. The van der Waals surface area contributed by atoms with Crippen molar-refractivity contribution in [2.75, 3.05) is 0 Å². The van der Waals surface area contributed by atoms with Gasteiger partial charge in [0, 0.05) is 9.12 Å². The van der Waals surface area contributed by atoms with Crippen molar-refractivity contribution in [3.8, 4) is 11.1 Å². The Morgan fingerprint density at radius 2 is 1.20 bits per heavy atom. The van der Waals surface area contributed by atoms with Gasteiger partial charge in [-0.05, 0) is 64.2 Å². The Bertz CT molecular complexity index is 1160. The number of aryl methyl sites for hydroxylation is 2. The lowest BCUT2D eigenvalue weighted by Gasteiger charge is -2.34. The maximum atomic E-state index is 2.56. The van der Waals surface area contributed by atoms with Crippen LogP contribution in [0.5, 0.6) is 0 Å². The number of hydrogen-bond acceptors (Lipinski definition) is 0. The molecule has 1 aromatic heterocycles. The Morgan fingerprint density at radius 3 is 1.83 bits per heavy atom. The average molecular weight is 475 g/mol. The molecule has 0 aliphatic heterocycles. The lowest BCUT2D eigenvalue weighted by molar-refractivity contribution is 0.714. The zero-order chi connectivity index (χ0) is 24.1. The van der Waals surface area contributed by atoms with Crippen molar-refractivity contribution >= 4 is 9.12 Å². The molecule has 0 saturated carbocycles. The second-order valence-corrected chi connectivity index (χ2v) is 11.8. The van der Waals surface area contributed by atoms with E-state index >= 15 is 0 Å². The van der Waals surface area contributed by atoms with E-state index in [1.165, 1.54) is 84.7 Å². The SMILES string of the molecule is CCCCCc1ccc2c(c1)C(c1ccccc1)(c1ccccc1)c1[siH]c(CCCCC)ccc1-2. The smallest absolute Gasteiger partial charge is 0.0664 e. The summed E-state index contributed by atoms with van der Waals surface area (Å²) in [4.78, 5) is 0. The minimum atomic E-state index is -0.190.